The summed E-state index contributed by atoms with van der Waals surface area (Å²) in [6.45, 7) is 4.99. The molecule has 20 heavy (non-hydrogen) atoms. The molecule has 110 valence electrons. The molecule has 0 saturated carbocycles. The number of urea groups is 1. The van der Waals surface area contributed by atoms with Gasteiger partial charge in [-0.3, -0.25) is 4.31 Å². The Bertz CT molecular complexity index is 537. The van der Waals surface area contributed by atoms with Crippen LogP contribution >= 0.6 is 24.2 Å². The van der Waals surface area contributed by atoms with E-state index in [4.69, 9.17) is 11.5 Å². The van der Waals surface area contributed by atoms with Gasteiger partial charge >= 0.3 is 6.03 Å². The number of fused-ring (bicyclic) bond motifs is 1. The Balaban J connectivity index is 2.13. The van der Waals surface area contributed by atoms with Crippen molar-refractivity contribution in [1.29, 1.82) is 0 Å². The number of nitrogens with two attached hydrogens (primary N) is 2. The first-order valence-corrected chi connectivity index (χ1v) is 7.45. The summed E-state index contributed by atoms with van der Waals surface area (Å²) in [6, 6.07) is -0.0448. The van der Waals surface area contributed by atoms with Crippen molar-refractivity contribution in [3.8, 4) is 0 Å². The highest BCUT2D eigenvalue weighted by molar-refractivity contribution is 7.78. The Kier molecular flexibility index (Phi) is 4.39. The van der Waals surface area contributed by atoms with Crippen molar-refractivity contribution in [3.05, 3.63) is 10.6 Å². The van der Waals surface area contributed by atoms with E-state index in [0.29, 0.717) is 24.6 Å². The molecule has 1 aliphatic rings. The molecule has 1 aromatic heterocycles. The van der Waals surface area contributed by atoms with Crippen LogP contribution in [0.25, 0.3) is 0 Å². The average molecular weight is 314 g/mol. The molecule has 0 aromatic carbocycles. The lowest BCUT2D eigenvalue weighted by Gasteiger charge is -2.31. The molecule has 2 amide bonds. The van der Waals surface area contributed by atoms with Crippen LogP contribution in [0, 0.1) is 0 Å². The average Bonchev–Trinajstić information content (AvgIpc) is 2.76. The van der Waals surface area contributed by atoms with Crippen molar-refractivity contribution < 1.29 is 4.79 Å². The molecule has 1 aromatic rings. The lowest BCUT2D eigenvalue weighted by Crippen LogP contribution is -2.43. The summed E-state index contributed by atoms with van der Waals surface area (Å²) in [7, 11) is 0. The number of hydrogen-bond acceptors (Lipinski definition) is 5. The fourth-order valence-corrected chi connectivity index (χ4v) is 3.01. The number of thiol groups is 1. The molecule has 2 heterocycles. The Labute approximate surface area is 127 Å². The standard InChI is InChI=1S/C11H18N6OS2/c1-6(2)17(19)11(18)16-4-3-7-8(5-16)20-10(14-7)15-9(12)13/h6,19H,3-5H2,1-2H3,(H4,12,13,14,15). The molecule has 0 fully saturated rings. The molecule has 1 aliphatic heterocycles. The van der Waals surface area contributed by atoms with Gasteiger partial charge in [0.15, 0.2) is 5.96 Å². The van der Waals surface area contributed by atoms with Crippen molar-refractivity contribution in [3.63, 3.8) is 0 Å². The summed E-state index contributed by atoms with van der Waals surface area (Å²) in [5, 5.41) is 0.538. The van der Waals surface area contributed by atoms with Crippen LogP contribution in [0.2, 0.25) is 0 Å². The minimum Gasteiger partial charge on any atom is -0.370 e. The smallest absolute Gasteiger partial charge is 0.330 e. The first kappa shape index (κ1) is 14.9. The van der Waals surface area contributed by atoms with Crippen LogP contribution in [0.1, 0.15) is 24.4 Å². The number of amides is 2. The van der Waals surface area contributed by atoms with Crippen molar-refractivity contribution in [1.82, 2.24) is 14.2 Å². The van der Waals surface area contributed by atoms with Gasteiger partial charge in [0.2, 0.25) is 5.13 Å². The SMILES string of the molecule is CC(C)N(S)C(=O)N1CCc2nc(N=C(N)N)sc2C1. The first-order valence-electron chi connectivity index (χ1n) is 6.23. The second kappa shape index (κ2) is 5.88. The van der Waals surface area contributed by atoms with Gasteiger partial charge in [-0.15, -0.1) is 0 Å². The normalized spacial score (nSPS) is 14.1. The zero-order valence-electron chi connectivity index (χ0n) is 11.4. The molecule has 0 spiro atoms. The molecule has 4 N–H and O–H groups in total. The zero-order chi connectivity index (χ0) is 14.9. The van der Waals surface area contributed by atoms with Crippen molar-refractivity contribution in [2.24, 2.45) is 16.5 Å². The Morgan fingerprint density at radius 1 is 1.55 bits per heavy atom. The Hall–Kier alpha value is -1.48. The van der Waals surface area contributed by atoms with E-state index >= 15 is 0 Å². The van der Waals surface area contributed by atoms with Gasteiger partial charge in [-0.25, -0.2) is 9.78 Å². The molecule has 0 unspecified atom stereocenters. The number of rotatable bonds is 2. The maximum atomic E-state index is 12.2. The highest BCUT2D eigenvalue weighted by Crippen LogP contribution is 2.30. The minimum absolute atomic E-state index is 0.00892. The third kappa shape index (κ3) is 3.15. The number of carbonyl (C=O) groups excluding carboxylic acids is 1. The van der Waals surface area contributed by atoms with Gasteiger partial charge in [-0.05, 0) is 13.8 Å². The maximum Gasteiger partial charge on any atom is 0.330 e. The molecule has 0 atom stereocenters. The predicted octanol–water partition coefficient (Wildman–Crippen LogP) is 1.08. The monoisotopic (exact) mass is 314 g/mol. The quantitative estimate of drug-likeness (QED) is 0.432. The molecule has 0 aliphatic carbocycles. The van der Waals surface area contributed by atoms with Gasteiger partial charge in [-0.1, -0.05) is 24.2 Å². The molecule has 0 bridgehead atoms. The number of aliphatic imine (C=N–C) groups is 1. The van der Waals surface area contributed by atoms with Crippen LogP contribution in [0.5, 0.6) is 0 Å². The van der Waals surface area contributed by atoms with Crippen molar-refractivity contribution in [2.45, 2.75) is 32.9 Å². The maximum absolute atomic E-state index is 12.2. The van der Waals surface area contributed by atoms with Gasteiger partial charge in [-0.2, -0.15) is 4.99 Å². The highest BCUT2D eigenvalue weighted by atomic mass is 32.1. The van der Waals surface area contributed by atoms with Gasteiger partial charge < -0.3 is 16.4 Å². The third-order valence-electron chi connectivity index (χ3n) is 2.90. The van der Waals surface area contributed by atoms with Gasteiger partial charge in [0.1, 0.15) is 0 Å². The number of thiazole rings is 1. The second-order valence-corrected chi connectivity index (χ2v) is 6.29. The number of aromatic nitrogens is 1. The van der Waals surface area contributed by atoms with Crippen molar-refractivity contribution in [2.75, 3.05) is 6.54 Å². The molecular formula is C11H18N6OS2. The third-order valence-corrected chi connectivity index (χ3v) is 4.51. The Morgan fingerprint density at radius 2 is 2.25 bits per heavy atom. The van der Waals surface area contributed by atoms with E-state index in [9.17, 15) is 4.79 Å². The molecule has 9 heteroatoms. The van der Waals surface area contributed by atoms with E-state index in [0.717, 1.165) is 10.6 Å². The van der Waals surface area contributed by atoms with Gasteiger partial charge in [0.25, 0.3) is 0 Å². The largest absolute Gasteiger partial charge is 0.370 e. The number of carbonyl (C=O) groups is 1. The van der Waals surface area contributed by atoms with Crippen LogP contribution in [-0.2, 0) is 13.0 Å². The first-order chi connectivity index (χ1) is 9.38. The summed E-state index contributed by atoms with van der Waals surface area (Å²) >= 11 is 5.63. The van der Waals surface area contributed by atoms with Gasteiger partial charge in [0.05, 0.1) is 12.2 Å². The summed E-state index contributed by atoms with van der Waals surface area (Å²) in [5.74, 6) is -0.00892. The molecular weight excluding hydrogens is 296 g/mol. The fourth-order valence-electron chi connectivity index (χ4n) is 1.87. The summed E-state index contributed by atoms with van der Waals surface area (Å²) < 4.78 is 1.43. The summed E-state index contributed by atoms with van der Waals surface area (Å²) in [6.07, 6.45) is 0.706. The van der Waals surface area contributed by atoms with Crippen LogP contribution in [0.3, 0.4) is 0 Å². The van der Waals surface area contributed by atoms with Crippen LogP contribution in [0.15, 0.2) is 4.99 Å². The lowest BCUT2D eigenvalue weighted by atomic mass is 10.2. The van der Waals surface area contributed by atoms with Crippen LogP contribution in [-0.4, -0.2) is 38.8 Å². The van der Waals surface area contributed by atoms with E-state index in [1.807, 2.05) is 13.8 Å². The fraction of sp³-hybridized carbons (Fsp3) is 0.545. The van der Waals surface area contributed by atoms with E-state index in [1.54, 1.807) is 4.90 Å². The highest BCUT2D eigenvalue weighted by Gasteiger charge is 2.27. The van der Waals surface area contributed by atoms with E-state index in [1.165, 1.54) is 15.6 Å². The molecule has 0 radical (unpaired) electrons. The van der Waals surface area contributed by atoms with Crippen LogP contribution < -0.4 is 11.5 Å². The number of hydrogen-bond donors (Lipinski definition) is 3. The molecule has 7 nitrogen and oxygen atoms in total. The summed E-state index contributed by atoms with van der Waals surface area (Å²) in [4.78, 5) is 23.3. The van der Waals surface area contributed by atoms with Crippen LogP contribution in [0.4, 0.5) is 9.93 Å². The predicted molar refractivity (Wildman–Crippen MR) is 83.1 cm³/mol. The van der Waals surface area contributed by atoms with E-state index < -0.39 is 0 Å². The Morgan fingerprint density at radius 3 is 2.85 bits per heavy atom. The summed E-state index contributed by atoms with van der Waals surface area (Å²) in [5.41, 5.74) is 11.7. The second-order valence-electron chi connectivity index (χ2n) is 4.80. The lowest BCUT2D eigenvalue weighted by molar-refractivity contribution is 0.170. The molecule has 2 rings (SSSR count). The van der Waals surface area contributed by atoms with Gasteiger partial charge in [0, 0.05) is 23.9 Å². The topological polar surface area (TPSA) is 101 Å². The number of nitrogens with zero attached hydrogens (tertiary/aromatic N) is 4. The minimum atomic E-state index is -0.0919. The van der Waals surface area contributed by atoms with E-state index in [2.05, 4.69) is 22.8 Å². The zero-order valence-corrected chi connectivity index (χ0v) is 13.1. The molecule has 0 saturated heterocycles. The number of guanidine groups is 1. The van der Waals surface area contributed by atoms with E-state index in [-0.39, 0.29) is 18.0 Å². The van der Waals surface area contributed by atoms with Crippen molar-refractivity contribution >= 4 is 41.3 Å².